The number of benzene rings is 1. The molecule has 1 saturated heterocycles. The molecule has 20 heavy (non-hydrogen) atoms. The van der Waals surface area contributed by atoms with Crippen LogP contribution in [0.3, 0.4) is 0 Å². The molecule has 0 spiro atoms. The van der Waals surface area contributed by atoms with Gasteiger partial charge in [-0.2, -0.15) is 0 Å². The lowest BCUT2D eigenvalue weighted by atomic mass is 10.1. The number of hydrogen-bond donors (Lipinski definition) is 1. The second-order valence-corrected chi connectivity index (χ2v) is 5.92. The quantitative estimate of drug-likeness (QED) is 0.866. The van der Waals surface area contributed by atoms with E-state index >= 15 is 0 Å². The molecule has 1 aliphatic heterocycles. The first-order valence-corrected chi connectivity index (χ1v) is 7.13. The zero-order chi connectivity index (χ0) is 14.4. The first-order chi connectivity index (χ1) is 9.47. The van der Waals surface area contributed by atoms with Crippen LogP contribution >= 0.6 is 15.9 Å². The summed E-state index contributed by atoms with van der Waals surface area (Å²) in [6, 6.07) is 3.08. The van der Waals surface area contributed by atoms with Crippen molar-refractivity contribution in [1.82, 2.24) is 14.5 Å². The first kappa shape index (κ1) is 13.4. The van der Waals surface area contributed by atoms with Crippen molar-refractivity contribution in [3.63, 3.8) is 0 Å². The van der Waals surface area contributed by atoms with Crippen LogP contribution in [0.2, 0.25) is 0 Å². The Morgan fingerprint density at radius 1 is 1.50 bits per heavy atom. The number of fused-ring (bicyclic) bond motifs is 1. The van der Waals surface area contributed by atoms with Gasteiger partial charge in [0.15, 0.2) is 0 Å². The number of imidazole rings is 1. The second kappa shape index (κ2) is 4.73. The lowest BCUT2D eigenvalue weighted by molar-refractivity contribution is -0.132. The minimum atomic E-state index is -0.348. The molecule has 7 heteroatoms. The van der Waals surface area contributed by atoms with Gasteiger partial charge in [0.05, 0.1) is 21.5 Å². The van der Waals surface area contributed by atoms with Crippen LogP contribution in [0.25, 0.3) is 11.0 Å². The van der Waals surface area contributed by atoms with Gasteiger partial charge in [0, 0.05) is 26.1 Å². The number of halogens is 2. The van der Waals surface area contributed by atoms with E-state index in [1.165, 1.54) is 6.07 Å². The lowest BCUT2D eigenvalue weighted by Gasteiger charge is -2.31. The van der Waals surface area contributed by atoms with E-state index in [2.05, 4.69) is 20.9 Å². The SMILES string of the molecule is CN1CC(n2c(N)nc3cc(Br)c(F)cc32)CCC1=O. The number of nitrogen functional groups attached to an aromatic ring is 1. The molecule has 2 heterocycles. The van der Waals surface area contributed by atoms with Gasteiger partial charge in [-0.3, -0.25) is 4.79 Å². The Morgan fingerprint density at radius 2 is 2.25 bits per heavy atom. The second-order valence-electron chi connectivity index (χ2n) is 5.06. The zero-order valence-electron chi connectivity index (χ0n) is 10.9. The number of carbonyl (C=O) groups is 1. The summed E-state index contributed by atoms with van der Waals surface area (Å²) in [5, 5.41) is 0. The first-order valence-electron chi connectivity index (χ1n) is 6.34. The standard InChI is InChI=1S/C13H14BrFN4O/c1-18-6-7(2-3-12(18)20)19-11-5-9(15)8(14)4-10(11)17-13(19)16/h4-5,7H,2-3,6H2,1H3,(H2,16,17). The summed E-state index contributed by atoms with van der Waals surface area (Å²) in [5.74, 6) is 0.127. The molecule has 0 saturated carbocycles. The van der Waals surface area contributed by atoms with E-state index in [1.807, 2.05) is 4.57 Å². The van der Waals surface area contributed by atoms with Gasteiger partial charge in [-0.05, 0) is 28.4 Å². The van der Waals surface area contributed by atoms with E-state index < -0.39 is 0 Å². The van der Waals surface area contributed by atoms with E-state index in [0.717, 1.165) is 0 Å². The van der Waals surface area contributed by atoms with Crippen LogP contribution in [0.15, 0.2) is 16.6 Å². The monoisotopic (exact) mass is 340 g/mol. The van der Waals surface area contributed by atoms with Crippen LogP contribution in [0.5, 0.6) is 0 Å². The minimum Gasteiger partial charge on any atom is -0.369 e. The van der Waals surface area contributed by atoms with E-state index in [9.17, 15) is 9.18 Å². The van der Waals surface area contributed by atoms with Gasteiger partial charge in [-0.25, -0.2) is 9.37 Å². The molecule has 0 radical (unpaired) electrons. The molecule has 2 N–H and O–H groups in total. The van der Waals surface area contributed by atoms with Crippen molar-refractivity contribution >= 4 is 38.8 Å². The molecule has 1 aromatic carbocycles. The molecule has 0 bridgehead atoms. The summed E-state index contributed by atoms with van der Waals surface area (Å²) in [7, 11) is 1.76. The largest absolute Gasteiger partial charge is 0.369 e. The fraction of sp³-hybridized carbons (Fsp3) is 0.385. The number of aromatic nitrogens is 2. The van der Waals surface area contributed by atoms with E-state index in [1.54, 1.807) is 18.0 Å². The van der Waals surface area contributed by atoms with Crippen molar-refractivity contribution in [2.75, 3.05) is 19.3 Å². The van der Waals surface area contributed by atoms with Gasteiger partial charge in [-0.15, -0.1) is 0 Å². The van der Waals surface area contributed by atoms with Crippen molar-refractivity contribution in [3.8, 4) is 0 Å². The number of anilines is 1. The Kier molecular flexibility index (Phi) is 3.16. The third kappa shape index (κ3) is 2.06. The van der Waals surface area contributed by atoms with Crippen molar-refractivity contribution in [1.29, 1.82) is 0 Å². The van der Waals surface area contributed by atoms with Crippen LogP contribution in [0.1, 0.15) is 18.9 Å². The van der Waals surface area contributed by atoms with Crippen molar-refractivity contribution in [3.05, 3.63) is 22.4 Å². The van der Waals surface area contributed by atoms with Gasteiger partial charge in [0.25, 0.3) is 0 Å². The number of hydrogen-bond acceptors (Lipinski definition) is 3. The average molecular weight is 341 g/mol. The number of nitrogens with two attached hydrogens (primary N) is 1. The summed E-state index contributed by atoms with van der Waals surface area (Å²) in [4.78, 5) is 17.5. The summed E-state index contributed by atoms with van der Waals surface area (Å²) in [5.41, 5.74) is 7.29. The van der Waals surface area contributed by atoms with Crippen LogP contribution in [-0.4, -0.2) is 34.0 Å². The molecular weight excluding hydrogens is 327 g/mol. The number of nitrogens with zero attached hydrogens (tertiary/aromatic N) is 3. The Bertz CT molecular complexity index is 699. The Balaban J connectivity index is 2.09. The Hall–Kier alpha value is -1.63. The molecule has 1 fully saturated rings. The maximum absolute atomic E-state index is 13.8. The topological polar surface area (TPSA) is 64.2 Å². The summed E-state index contributed by atoms with van der Waals surface area (Å²) in [6.07, 6.45) is 1.16. The van der Waals surface area contributed by atoms with Gasteiger partial charge >= 0.3 is 0 Å². The Morgan fingerprint density at radius 3 is 2.95 bits per heavy atom. The molecule has 1 aliphatic rings. The normalized spacial score (nSPS) is 19.9. The average Bonchev–Trinajstić information content (AvgIpc) is 2.69. The molecule has 1 amide bonds. The highest BCUT2D eigenvalue weighted by atomic mass is 79.9. The molecule has 3 rings (SSSR count). The van der Waals surface area contributed by atoms with Gasteiger partial charge in [-0.1, -0.05) is 0 Å². The number of rotatable bonds is 1. The summed E-state index contributed by atoms with van der Waals surface area (Å²) >= 11 is 3.15. The third-order valence-corrected chi connectivity index (χ3v) is 4.33. The third-order valence-electron chi connectivity index (χ3n) is 3.73. The molecular formula is C13H14BrFN4O. The smallest absolute Gasteiger partial charge is 0.222 e. The number of amides is 1. The molecule has 0 aliphatic carbocycles. The van der Waals surface area contributed by atoms with Crippen molar-refractivity contribution < 1.29 is 9.18 Å². The molecule has 1 aromatic heterocycles. The van der Waals surface area contributed by atoms with Gasteiger partial charge in [0.1, 0.15) is 5.82 Å². The van der Waals surface area contributed by atoms with Crippen LogP contribution in [0, 0.1) is 5.82 Å². The molecule has 1 atom stereocenters. The van der Waals surface area contributed by atoms with Crippen LogP contribution in [-0.2, 0) is 4.79 Å². The number of likely N-dealkylation sites (tertiary alicyclic amines) is 1. The number of likely N-dealkylation sites (N-methyl/N-ethyl adjacent to an activating group) is 1. The van der Waals surface area contributed by atoms with E-state index in [-0.39, 0.29) is 17.8 Å². The van der Waals surface area contributed by atoms with Gasteiger partial charge < -0.3 is 15.2 Å². The van der Waals surface area contributed by atoms with Crippen LogP contribution in [0.4, 0.5) is 10.3 Å². The molecule has 1 unspecified atom stereocenters. The summed E-state index contributed by atoms with van der Waals surface area (Å²) < 4.78 is 15.9. The van der Waals surface area contributed by atoms with Crippen molar-refractivity contribution in [2.45, 2.75) is 18.9 Å². The fourth-order valence-corrected chi connectivity index (χ4v) is 3.03. The fourth-order valence-electron chi connectivity index (χ4n) is 2.69. The molecule has 5 nitrogen and oxygen atoms in total. The predicted octanol–water partition coefficient (Wildman–Crippen LogP) is 2.31. The van der Waals surface area contributed by atoms with E-state index in [4.69, 9.17) is 5.73 Å². The molecule has 2 aromatic rings. The Labute approximate surface area is 123 Å². The highest BCUT2D eigenvalue weighted by Crippen LogP contribution is 2.31. The maximum atomic E-state index is 13.8. The highest BCUT2D eigenvalue weighted by Gasteiger charge is 2.27. The predicted molar refractivity (Wildman–Crippen MR) is 77.7 cm³/mol. The zero-order valence-corrected chi connectivity index (χ0v) is 12.5. The number of carbonyl (C=O) groups excluding carboxylic acids is 1. The van der Waals surface area contributed by atoms with Crippen LogP contribution < -0.4 is 5.73 Å². The minimum absolute atomic E-state index is 0.0308. The highest BCUT2D eigenvalue weighted by molar-refractivity contribution is 9.10. The van der Waals surface area contributed by atoms with Crippen molar-refractivity contribution in [2.24, 2.45) is 0 Å². The molecule has 106 valence electrons. The summed E-state index contributed by atoms with van der Waals surface area (Å²) in [6.45, 7) is 0.562. The number of piperidine rings is 1. The van der Waals surface area contributed by atoms with E-state index in [0.29, 0.717) is 40.8 Å². The lowest BCUT2D eigenvalue weighted by Crippen LogP contribution is -2.38. The maximum Gasteiger partial charge on any atom is 0.222 e. The van der Waals surface area contributed by atoms with Gasteiger partial charge in [0.2, 0.25) is 11.9 Å².